The highest BCUT2D eigenvalue weighted by Crippen LogP contribution is 1.96. The Bertz CT molecular complexity index is 282. The second kappa shape index (κ2) is 5.21. The molecular weight excluding hydrogens is 180 g/mol. The monoisotopic (exact) mass is 196 g/mol. The summed E-state index contributed by atoms with van der Waals surface area (Å²) in [5, 5.41) is 1.21. The van der Waals surface area contributed by atoms with Crippen LogP contribution < -0.4 is 5.43 Å². The molecule has 0 aromatic carbocycles. The molecule has 0 aromatic heterocycles. The van der Waals surface area contributed by atoms with E-state index in [2.05, 4.69) is 18.6 Å². The molecule has 0 unspecified atom stereocenters. The maximum atomic E-state index is 11.4. The van der Waals surface area contributed by atoms with Crippen LogP contribution >= 0.6 is 0 Å². The molecule has 0 saturated carbocycles. The topological polar surface area (TPSA) is 49.4 Å². The minimum atomic E-state index is -0.360. The third-order valence-corrected chi connectivity index (χ3v) is 1.55. The second-order valence-corrected chi connectivity index (χ2v) is 3.05. The Balaban J connectivity index is 4.45. The molecule has 0 rings (SSSR count). The minimum Gasteiger partial charge on any atom is -0.268 e. The molecule has 0 aliphatic rings. The van der Waals surface area contributed by atoms with Crippen molar-refractivity contribution < 1.29 is 9.59 Å². The molecule has 0 heterocycles. The van der Waals surface area contributed by atoms with E-state index in [9.17, 15) is 9.59 Å². The number of hydrogen-bond donors (Lipinski definition) is 1. The number of amides is 2. The molecule has 2 amide bonds. The third kappa shape index (κ3) is 3.43. The molecule has 0 spiro atoms. The smallest absolute Gasteiger partial charge is 0.267 e. The van der Waals surface area contributed by atoms with E-state index in [-0.39, 0.29) is 11.8 Å². The molecule has 0 atom stereocenters. The van der Waals surface area contributed by atoms with Gasteiger partial charge in [-0.2, -0.15) is 0 Å². The number of nitrogens with one attached hydrogen (secondary N) is 1. The van der Waals surface area contributed by atoms with Gasteiger partial charge in [0.1, 0.15) is 0 Å². The van der Waals surface area contributed by atoms with E-state index in [1.807, 2.05) is 0 Å². The van der Waals surface area contributed by atoms with E-state index in [1.54, 1.807) is 20.8 Å². The Morgan fingerprint density at radius 3 is 2.00 bits per heavy atom. The maximum absolute atomic E-state index is 11.4. The number of carbonyl (C=O) groups excluding carboxylic acids is 2. The summed E-state index contributed by atoms with van der Waals surface area (Å²) in [6.45, 7) is 12.3. The molecule has 0 saturated heterocycles. The zero-order valence-electron chi connectivity index (χ0n) is 8.89. The highest BCUT2D eigenvalue weighted by atomic mass is 16.2. The maximum Gasteiger partial charge on any atom is 0.267 e. The molecule has 0 bridgehead atoms. The summed E-state index contributed by atoms with van der Waals surface area (Å²) in [6.07, 6.45) is 0. The van der Waals surface area contributed by atoms with Crippen molar-refractivity contribution >= 4 is 11.8 Å². The lowest BCUT2D eigenvalue weighted by Gasteiger charge is -2.21. The Morgan fingerprint density at radius 2 is 1.71 bits per heavy atom. The largest absolute Gasteiger partial charge is 0.268 e. The summed E-state index contributed by atoms with van der Waals surface area (Å²) in [5.74, 6) is -0.649. The van der Waals surface area contributed by atoms with Crippen molar-refractivity contribution in [2.75, 3.05) is 6.54 Å². The Kier molecular flexibility index (Phi) is 4.63. The predicted octanol–water partition coefficient (Wildman–Crippen LogP) is 1.02. The third-order valence-electron chi connectivity index (χ3n) is 1.55. The van der Waals surface area contributed by atoms with Gasteiger partial charge in [-0.15, -0.1) is 0 Å². The number of likely N-dealkylation sites (N-methyl/N-ethyl adjacent to an activating group) is 1. The van der Waals surface area contributed by atoms with Crippen LogP contribution in [0.15, 0.2) is 24.3 Å². The summed E-state index contributed by atoms with van der Waals surface area (Å²) in [7, 11) is 0. The van der Waals surface area contributed by atoms with E-state index in [4.69, 9.17) is 0 Å². The van der Waals surface area contributed by atoms with Gasteiger partial charge in [-0.3, -0.25) is 20.0 Å². The molecule has 0 aromatic rings. The van der Waals surface area contributed by atoms with Crippen LogP contribution in [0.1, 0.15) is 20.8 Å². The molecule has 14 heavy (non-hydrogen) atoms. The SMILES string of the molecule is C=C(C)C(=O)NN(CC)C(=O)C(=C)C. The van der Waals surface area contributed by atoms with Gasteiger partial charge in [-0.25, -0.2) is 0 Å². The van der Waals surface area contributed by atoms with Gasteiger partial charge in [0.2, 0.25) is 0 Å². The Morgan fingerprint density at radius 1 is 1.21 bits per heavy atom. The number of rotatable bonds is 3. The van der Waals surface area contributed by atoms with Crippen LogP contribution in [0.3, 0.4) is 0 Å². The summed E-state index contributed by atoms with van der Waals surface area (Å²) in [4.78, 5) is 22.6. The first-order valence-electron chi connectivity index (χ1n) is 4.34. The second-order valence-electron chi connectivity index (χ2n) is 3.05. The number of nitrogens with zero attached hydrogens (tertiary/aromatic N) is 1. The molecule has 0 fully saturated rings. The van der Waals surface area contributed by atoms with Gasteiger partial charge in [0.15, 0.2) is 0 Å². The predicted molar refractivity (Wildman–Crippen MR) is 55.2 cm³/mol. The van der Waals surface area contributed by atoms with Crippen LogP contribution in [0.4, 0.5) is 0 Å². The van der Waals surface area contributed by atoms with E-state index < -0.39 is 0 Å². The summed E-state index contributed by atoms with van der Waals surface area (Å²) >= 11 is 0. The normalized spacial score (nSPS) is 9.07. The Hall–Kier alpha value is -1.58. The lowest BCUT2D eigenvalue weighted by Crippen LogP contribution is -2.46. The zero-order valence-corrected chi connectivity index (χ0v) is 8.89. The van der Waals surface area contributed by atoms with Gasteiger partial charge in [-0.1, -0.05) is 13.2 Å². The highest BCUT2D eigenvalue weighted by Gasteiger charge is 2.14. The van der Waals surface area contributed by atoms with Crippen molar-refractivity contribution in [3.63, 3.8) is 0 Å². The van der Waals surface area contributed by atoms with Gasteiger partial charge in [-0.05, 0) is 20.8 Å². The van der Waals surface area contributed by atoms with Gasteiger partial charge >= 0.3 is 0 Å². The first kappa shape index (κ1) is 12.4. The van der Waals surface area contributed by atoms with Crippen molar-refractivity contribution in [1.82, 2.24) is 10.4 Å². The van der Waals surface area contributed by atoms with Gasteiger partial charge in [0.25, 0.3) is 11.8 Å². The molecule has 0 aliphatic carbocycles. The van der Waals surface area contributed by atoms with Crippen molar-refractivity contribution in [2.45, 2.75) is 20.8 Å². The van der Waals surface area contributed by atoms with Gasteiger partial charge in [0, 0.05) is 17.7 Å². The lowest BCUT2D eigenvalue weighted by molar-refractivity contribution is -0.136. The molecule has 4 nitrogen and oxygen atoms in total. The first-order chi connectivity index (χ1) is 6.40. The number of hydrogen-bond acceptors (Lipinski definition) is 2. The molecule has 0 radical (unpaired) electrons. The molecule has 4 heteroatoms. The van der Waals surface area contributed by atoms with E-state index in [0.717, 1.165) is 0 Å². The summed E-state index contributed by atoms with van der Waals surface area (Å²) < 4.78 is 0. The molecule has 78 valence electrons. The van der Waals surface area contributed by atoms with Crippen molar-refractivity contribution in [3.8, 4) is 0 Å². The lowest BCUT2D eigenvalue weighted by atomic mass is 10.3. The zero-order chi connectivity index (χ0) is 11.3. The Labute approximate surface area is 84.2 Å². The van der Waals surface area contributed by atoms with Crippen molar-refractivity contribution in [3.05, 3.63) is 24.3 Å². The minimum absolute atomic E-state index is 0.290. The van der Waals surface area contributed by atoms with Gasteiger partial charge < -0.3 is 0 Å². The van der Waals surface area contributed by atoms with Crippen LogP contribution in [-0.2, 0) is 9.59 Å². The van der Waals surface area contributed by atoms with Crippen LogP contribution in [-0.4, -0.2) is 23.4 Å². The molecular formula is C10H16N2O2. The average Bonchev–Trinajstić information content (AvgIpc) is 2.12. The molecule has 0 aliphatic heterocycles. The highest BCUT2D eigenvalue weighted by molar-refractivity contribution is 5.97. The average molecular weight is 196 g/mol. The van der Waals surface area contributed by atoms with Crippen LogP contribution in [0.2, 0.25) is 0 Å². The molecule has 1 N–H and O–H groups in total. The van der Waals surface area contributed by atoms with E-state index >= 15 is 0 Å². The standard InChI is InChI=1S/C10H16N2O2/c1-6-12(10(14)8(4)5)11-9(13)7(2)3/h2,4,6H2,1,3,5H3,(H,11,13). The van der Waals surface area contributed by atoms with Crippen LogP contribution in [0, 0.1) is 0 Å². The number of carbonyl (C=O) groups is 2. The van der Waals surface area contributed by atoms with Gasteiger partial charge in [0.05, 0.1) is 0 Å². The van der Waals surface area contributed by atoms with E-state index in [1.165, 1.54) is 5.01 Å². The fraction of sp³-hybridized carbons (Fsp3) is 0.400. The fourth-order valence-electron chi connectivity index (χ4n) is 0.722. The fourth-order valence-corrected chi connectivity index (χ4v) is 0.722. The van der Waals surface area contributed by atoms with Crippen molar-refractivity contribution in [1.29, 1.82) is 0 Å². The van der Waals surface area contributed by atoms with Crippen LogP contribution in [0.5, 0.6) is 0 Å². The first-order valence-corrected chi connectivity index (χ1v) is 4.34. The quantitative estimate of drug-likeness (QED) is 0.541. The summed E-state index contributed by atoms with van der Waals surface area (Å²) in [6, 6.07) is 0. The van der Waals surface area contributed by atoms with E-state index in [0.29, 0.717) is 17.7 Å². The van der Waals surface area contributed by atoms with Crippen molar-refractivity contribution in [2.24, 2.45) is 0 Å². The summed E-state index contributed by atoms with van der Waals surface area (Å²) in [5.41, 5.74) is 3.17. The number of hydrazine groups is 1. The van der Waals surface area contributed by atoms with Crippen LogP contribution in [0.25, 0.3) is 0 Å².